The van der Waals surface area contributed by atoms with Gasteiger partial charge in [0.25, 0.3) is 0 Å². The molecule has 10 rings (SSSR count). The minimum absolute atomic E-state index is 0. The number of ether oxygens (including phenoxy) is 1. The van der Waals surface area contributed by atoms with Crippen LogP contribution in [0.5, 0.6) is 11.5 Å². The number of fused-ring (bicyclic) bond motifs is 10. The minimum atomic E-state index is 0. The van der Waals surface area contributed by atoms with Gasteiger partial charge in [-0.2, -0.15) is 18.8 Å². The Kier molecular flexibility index (Phi) is 5.93. The molecule has 0 unspecified atom stereocenters. The van der Waals surface area contributed by atoms with Gasteiger partial charge >= 0.3 is 0 Å². The molecular formula is C39H24N5OPt-3. The Bertz CT molecular complexity index is 2710. The van der Waals surface area contributed by atoms with Crippen molar-refractivity contribution in [2.45, 2.75) is 0 Å². The largest absolute Gasteiger partial charge is 0.510 e. The molecule has 6 nitrogen and oxygen atoms in total. The number of benzene rings is 5. The summed E-state index contributed by atoms with van der Waals surface area (Å²) in [7, 11) is 2.00. The fourth-order valence-corrected chi connectivity index (χ4v) is 7.03. The van der Waals surface area contributed by atoms with Gasteiger partial charge in [-0.3, -0.25) is 0 Å². The van der Waals surface area contributed by atoms with Crippen molar-refractivity contribution in [3.63, 3.8) is 0 Å². The third-order valence-corrected chi connectivity index (χ3v) is 8.89. The summed E-state index contributed by atoms with van der Waals surface area (Å²) in [6.45, 7) is 2.00. The van der Waals surface area contributed by atoms with Crippen LogP contribution in [-0.4, -0.2) is 25.7 Å². The number of hydrogen-bond donors (Lipinski definition) is 0. The maximum absolute atomic E-state index is 6.42. The number of rotatable bonds is 3. The molecule has 5 heterocycles. The molecule has 4 aromatic heterocycles. The molecule has 46 heavy (non-hydrogen) atoms. The Hall–Kier alpha value is -5.32. The summed E-state index contributed by atoms with van der Waals surface area (Å²) in [6.07, 6.45) is 5.87. The van der Waals surface area contributed by atoms with Crippen LogP contribution in [0, 0.1) is 18.8 Å². The van der Waals surface area contributed by atoms with Crippen molar-refractivity contribution in [3.05, 3.63) is 141 Å². The van der Waals surface area contributed by atoms with E-state index in [0.29, 0.717) is 11.5 Å². The van der Waals surface area contributed by atoms with Crippen LogP contribution in [0.4, 0.5) is 5.69 Å². The molecule has 0 amide bonds. The van der Waals surface area contributed by atoms with E-state index in [-0.39, 0.29) is 21.1 Å². The topological polar surface area (TPSA) is 37.4 Å². The predicted molar refractivity (Wildman–Crippen MR) is 182 cm³/mol. The normalized spacial score (nSPS) is 13.3. The van der Waals surface area contributed by atoms with Gasteiger partial charge in [-0.25, -0.2) is 4.98 Å². The van der Waals surface area contributed by atoms with Gasteiger partial charge in [0.1, 0.15) is 5.65 Å². The van der Waals surface area contributed by atoms with E-state index >= 15 is 0 Å². The summed E-state index contributed by atoms with van der Waals surface area (Å²) in [5.74, 6) is 1.24. The third kappa shape index (κ3) is 3.77. The first kappa shape index (κ1) is 27.0. The average molecular weight is 774 g/mol. The van der Waals surface area contributed by atoms with Crippen molar-refractivity contribution >= 4 is 71.2 Å². The van der Waals surface area contributed by atoms with Gasteiger partial charge in [0, 0.05) is 60.3 Å². The van der Waals surface area contributed by atoms with Gasteiger partial charge in [-0.15, -0.1) is 41.4 Å². The molecule has 9 aromatic rings. The molecule has 0 fully saturated rings. The molecule has 0 bridgehead atoms. The first-order valence-electron chi connectivity index (χ1n) is 14.9. The standard InChI is InChI=1S/C39H24N5O.Pt/c1-41-20-21-42(24-41)25-8-4-9-26(22-25)45-27-17-18-29-31-13-6-16-35-38(31)44(36(29)23-27)39-33(14-7-19-40-39)32-12-5-11-30-28-10-2-3-15-34(28)43(35)37(30)32;/h2-21,24H,1H3;/q-3;. The van der Waals surface area contributed by atoms with Crippen LogP contribution in [0.2, 0.25) is 0 Å². The fraction of sp³-hybridized carbons (Fsp3) is 0.0256. The van der Waals surface area contributed by atoms with Crippen LogP contribution in [-0.2, 0) is 21.1 Å². The van der Waals surface area contributed by atoms with Crippen LogP contribution in [0.3, 0.4) is 0 Å². The molecule has 1 aliphatic rings. The third-order valence-electron chi connectivity index (χ3n) is 8.89. The van der Waals surface area contributed by atoms with Crippen LogP contribution >= 0.6 is 0 Å². The molecule has 0 spiro atoms. The zero-order valence-electron chi connectivity index (χ0n) is 24.6. The van der Waals surface area contributed by atoms with E-state index in [1.54, 1.807) is 0 Å². The summed E-state index contributed by atoms with van der Waals surface area (Å²) >= 11 is 0. The van der Waals surface area contributed by atoms with E-state index in [2.05, 4.69) is 93.7 Å². The van der Waals surface area contributed by atoms with Crippen molar-refractivity contribution < 1.29 is 25.8 Å². The van der Waals surface area contributed by atoms with Gasteiger partial charge in [-0.1, -0.05) is 54.0 Å². The Morgan fingerprint density at radius 1 is 0.609 bits per heavy atom. The number of anilines is 1. The summed E-state index contributed by atoms with van der Waals surface area (Å²) in [6, 6.07) is 43.1. The average Bonchev–Trinajstić information content (AvgIpc) is 3.76. The second-order valence-electron chi connectivity index (χ2n) is 11.5. The van der Waals surface area contributed by atoms with E-state index in [4.69, 9.17) is 9.72 Å². The van der Waals surface area contributed by atoms with E-state index in [1.807, 2.05) is 72.4 Å². The number of pyridine rings is 1. The number of aromatic nitrogens is 3. The molecular weight excluding hydrogens is 750 g/mol. The predicted octanol–water partition coefficient (Wildman–Crippen LogP) is 9.09. The fourth-order valence-electron chi connectivity index (χ4n) is 7.03. The summed E-state index contributed by atoms with van der Waals surface area (Å²) in [5.41, 5.74) is 7.25. The van der Waals surface area contributed by atoms with Crippen molar-refractivity contribution in [1.82, 2.24) is 18.7 Å². The first-order valence-corrected chi connectivity index (χ1v) is 14.9. The van der Waals surface area contributed by atoms with E-state index < -0.39 is 0 Å². The summed E-state index contributed by atoms with van der Waals surface area (Å²) in [4.78, 5) is 9.03. The molecule has 0 atom stereocenters. The molecule has 0 N–H and O–H groups in total. The summed E-state index contributed by atoms with van der Waals surface area (Å²) < 4.78 is 11.1. The van der Waals surface area contributed by atoms with Gasteiger partial charge in [0.15, 0.2) is 0 Å². The van der Waals surface area contributed by atoms with Crippen LogP contribution in [0.25, 0.3) is 65.5 Å². The second-order valence-corrected chi connectivity index (χ2v) is 11.5. The second kappa shape index (κ2) is 10.1. The van der Waals surface area contributed by atoms with Crippen molar-refractivity contribution in [3.8, 4) is 11.5 Å². The zero-order valence-corrected chi connectivity index (χ0v) is 26.9. The van der Waals surface area contributed by atoms with E-state index in [1.165, 1.54) is 21.8 Å². The van der Waals surface area contributed by atoms with Crippen LogP contribution < -0.4 is 9.64 Å². The molecule has 7 heteroatoms. The molecule has 0 aliphatic carbocycles. The Morgan fingerprint density at radius 3 is 2.20 bits per heavy atom. The van der Waals surface area contributed by atoms with Crippen LogP contribution in [0.15, 0.2) is 122 Å². The van der Waals surface area contributed by atoms with Gasteiger partial charge in [-0.05, 0) is 49.1 Å². The first-order chi connectivity index (χ1) is 22.2. The summed E-state index contributed by atoms with van der Waals surface area (Å²) in [5, 5.41) is 6.91. The van der Waals surface area contributed by atoms with Gasteiger partial charge in [0.05, 0.1) is 22.1 Å². The van der Waals surface area contributed by atoms with E-state index in [0.717, 1.165) is 49.4 Å². The smallest absolute Gasteiger partial charge is 0.143 e. The molecule has 5 aromatic carbocycles. The van der Waals surface area contributed by atoms with Gasteiger partial charge < -0.3 is 23.3 Å². The maximum Gasteiger partial charge on any atom is 0.143 e. The van der Waals surface area contributed by atoms with Crippen molar-refractivity contribution in [2.75, 3.05) is 11.9 Å². The van der Waals surface area contributed by atoms with E-state index in [9.17, 15) is 0 Å². The zero-order chi connectivity index (χ0) is 29.6. The minimum Gasteiger partial charge on any atom is -0.510 e. The Morgan fingerprint density at radius 2 is 1.33 bits per heavy atom. The van der Waals surface area contributed by atoms with Crippen molar-refractivity contribution in [1.29, 1.82) is 0 Å². The number of para-hydroxylation sites is 3. The Balaban J connectivity index is 0.00000292. The SMILES string of the molecule is CN1C=CN(c2[c-]c(Oc3[c-]c4c(cc3)c3cccc5c3n4c3ncccc3c3cccc4c6ccccc6n5c43)ccc2)[CH-]1.[Pt]. The molecule has 224 valence electrons. The molecule has 0 saturated carbocycles. The number of hydrogen-bond acceptors (Lipinski definition) is 4. The molecule has 1 aliphatic heterocycles. The molecule has 0 radical (unpaired) electrons. The van der Waals surface area contributed by atoms with Crippen molar-refractivity contribution in [2.24, 2.45) is 0 Å². The van der Waals surface area contributed by atoms with Gasteiger partial charge in [0.2, 0.25) is 0 Å². The number of nitrogens with zero attached hydrogens (tertiary/aromatic N) is 5. The maximum atomic E-state index is 6.42. The Labute approximate surface area is 278 Å². The van der Waals surface area contributed by atoms with Crippen LogP contribution in [0.1, 0.15) is 0 Å². The quantitative estimate of drug-likeness (QED) is 0.168. The monoisotopic (exact) mass is 773 g/mol. The molecule has 0 saturated heterocycles.